The van der Waals surface area contributed by atoms with E-state index in [-0.39, 0.29) is 5.97 Å². The third kappa shape index (κ3) is 2.68. The van der Waals surface area contributed by atoms with Crippen molar-refractivity contribution in [2.75, 3.05) is 0 Å². The Balaban J connectivity index is 0.000000637. The highest BCUT2D eigenvalue weighted by molar-refractivity contribution is 5.94. The van der Waals surface area contributed by atoms with Gasteiger partial charge in [0.1, 0.15) is 6.61 Å². The van der Waals surface area contributed by atoms with Crippen molar-refractivity contribution < 1.29 is 9.53 Å². The molecule has 0 atom stereocenters. The SMILES string of the molecule is CC.Cc1ccc(-c2ccc3c(c2)C(=O)OC3)cc1. The summed E-state index contributed by atoms with van der Waals surface area (Å²) in [6.45, 7) is 6.46. The summed E-state index contributed by atoms with van der Waals surface area (Å²) >= 11 is 0. The van der Waals surface area contributed by atoms with Gasteiger partial charge in [-0.25, -0.2) is 4.79 Å². The molecule has 0 saturated heterocycles. The molecule has 0 unspecified atom stereocenters. The summed E-state index contributed by atoms with van der Waals surface area (Å²) in [6, 6.07) is 14.2. The number of carbonyl (C=O) groups excluding carboxylic acids is 1. The number of aryl methyl sites for hydroxylation is 1. The molecule has 2 aromatic carbocycles. The van der Waals surface area contributed by atoms with E-state index in [9.17, 15) is 4.79 Å². The van der Waals surface area contributed by atoms with E-state index in [4.69, 9.17) is 4.74 Å². The lowest BCUT2D eigenvalue weighted by Gasteiger charge is -2.03. The van der Waals surface area contributed by atoms with E-state index in [0.717, 1.165) is 16.7 Å². The topological polar surface area (TPSA) is 26.3 Å². The molecule has 1 aliphatic heterocycles. The van der Waals surface area contributed by atoms with Crippen LogP contribution in [0.3, 0.4) is 0 Å². The molecule has 1 heterocycles. The quantitative estimate of drug-likeness (QED) is 0.707. The zero-order chi connectivity index (χ0) is 13.8. The zero-order valence-corrected chi connectivity index (χ0v) is 11.6. The first-order chi connectivity index (χ1) is 9.24. The van der Waals surface area contributed by atoms with Gasteiger partial charge in [-0.1, -0.05) is 55.8 Å². The van der Waals surface area contributed by atoms with Gasteiger partial charge in [0.05, 0.1) is 5.56 Å². The highest BCUT2D eigenvalue weighted by Crippen LogP contribution is 2.27. The predicted molar refractivity (Wildman–Crippen MR) is 77.1 cm³/mol. The van der Waals surface area contributed by atoms with Crippen molar-refractivity contribution in [2.45, 2.75) is 27.4 Å². The maximum absolute atomic E-state index is 11.5. The lowest BCUT2D eigenvalue weighted by molar-refractivity contribution is 0.0535. The number of cyclic esters (lactones) is 1. The minimum Gasteiger partial charge on any atom is -0.457 e. The van der Waals surface area contributed by atoms with E-state index in [0.29, 0.717) is 12.2 Å². The van der Waals surface area contributed by atoms with Gasteiger partial charge >= 0.3 is 5.97 Å². The molecule has 3 rings (SSSR count). The summed E-state index contributed by atoms with van der Waals surface area (Å²) < 4.78 is 4.99. The second-order valence-electron chi connectivity index (χ2n) is 4.31. The molecule has 0 fully saturated rings. The molecule has 0 aromatic heterocycles. The van der Waals surface area contributed by atoms with E-state index < -0.39 is 0 Å². The molecule has 0 N–H and O–H groups in total. The van der Waals surface area contributed by atoms with Crippen LogP contribution < -0.4 is 0 Å². The van der Waals surface area contributed by atoms with Crippen molar-refractivity contribution in [1.82, 2.24) is 0 Å². The standard InChI is InChI=1S/C15H12O2.C2H6/c1-10-2-4-11(5-3-10)12-6-7-13-9-17-15(16)14(13)8-12;1-2/h2-8H,9H2,1H3;1-2H3. The fraction of sp³-hybridized carbons (Fsp3) is 0.235. The van der Waals surface area contributed by atoms with E-state index >= 15 is 0 Å². The number of ether oxygens (including phenoxy) is 1. The Morgan fingerprint density at radius 2 is 1.58 bits per heavy atom. The van der Waals surface area contributed by atoms with Gasteiger partial charge in [0.2, 0.25) is 0 Å². The molecule has 0 radical (unpaired) electrons. The van der Waals surface area contributed by atoms with Crippen LogP contribution in [0.5, 0.6) is 0 Å². The van der Waals surface area contributed by atoms with Crippen LogP contribution in [0.2, 0.25) is 0 Å². The lowest BCUT2D eigenvalue weighted by atomic mass is 10.00. The lowest BCUT2D eigenvalue weighted by Crippen LogP contribution is -1.93. The first-order valence-electron chi connectivity index (χ1n) is 6.61. The number of fused-ring (bicyclic) bond motifs is 1. The Morgan fingerprint density at radius 1 is 0.947 bits per heavy atom. The molecule has 0 aliphatic carbocycles. The van der Waals surface area contributed by atoms with Crippen LogP contribution in [0.1, 0.15) is 35.3 Å². The van der Waals surface area contributed by atoms with Gasteiger partial charge in [0.25, 0.3) is 0 Å². The van der Waals surface area contributed by atoms with Gasteiger partial charge in [-0.3, -0.25) is 0 Å². The van der Waals surface area contributed by atoms with E-state index in [1.807, 2.05) is 32.0 Å². The summed E-state index contributed by atoms with van der Waals surface area (Å²) in [6.07, 6.45) is 0. The smallest absolute Gasteiger partial charge is 0.338 e. The number of esters is 1. The van der Waals surface area contributed by atoms with Crippen LogP contribution in [-0.2, 0) is 11.3 Å². The number of rotatable bonds is 1. The van der Waals surface area contributed by atoms with Gasteiger partial charge in [-0.2, -0.15) is 0 Å². The largest absolute Gasteiger partial charge is 0.457 e. The summed E-state index contributed by atoms with van der Waals surface area (Å²) in [5.41, 5.74) is 5.09. The minimum atomic E-state index is -0.214. The summed E-state index contributed by atoms with van der Waals surface area (Å²) in [5.74, 6) is -0.214. The normalized spacial score (nSPS) is 12.3. The first kappa shape index (κ1) is 13.3. The predicted octanol–water partition coefficient (Wildman–Crippen LogP) is 4.36. The van der Waals surface area contributed by atoms with Crippen molar-refractivity contribution in [3.63, 3.8) is 0 Å². The molecule has 2 heteroatoms. The molecule has 1 aliphatic rings. The van der Waals surface area contributed by atoms with E-state index in [1.165, 1.54) is 5.56 Å². The number of hydrogen-bond donors (Lipinski definition) is 0. The van der Waals surface area contributed by atoms with Crippen molar-refractivity contribution in [3.05, 3.63) is 59.2 Å². The molecular formula is C17H18O2. The van der Waals surface area contributed by atoms with Crippen molar-refractivity contribution in [1.29, 1.82) is 0 Å². The number of hydrogen-bond acceptors (Lipinski definition) is 2. The van der Waals surface area contributed by atoms with Crippen LogP contribution in [0.25, 0.3) is 11.1 Å². The van der Waals surface area contributed by atoms with Gasteiger partial charge in [0.15, 0.2) is 0 Å². The monoisotopic (exact) mass is 254 g/mol. The Labute approximate surface area is 114 Å². The van der Waals surface area contributed by atoms with Crippen LogP contribution in [-0.4, -0.2) is 5.97 Å². The third-order valence-electron chi connectivity index (χ3n) is 3.07. The Morgan fingerprint density at radius 3 is 2.26 bits per heavy atom. The average molecular weight is 254 g/mol. The Kier molecular flexibility index (Phi) is 4.00. The van der Waals surface area contributed by atoms with Crippen LogP contribution in [0.15, 0.2) is 42.5 Å². The molecule has 0 amide bonds. The highest BCUT2D eigenvalue weighted by Gasteiger charge is 2.21. The van der Waals surface area contributed by atoms with Crippen LogP contribution in [0.4, 0.5) is 0 Å². The molecular weight excluding hydrogens is 236 g/mol. The zero-order valence-electron chi connectivity index (χ0n) is 11.6. The summed E-state index contributed by atoms with van der Waals surface area (Å²) in [4.78, 5) is 11.5. The Hall–Kier alpha value is -2.09. The van der Waals surface area contributed by atoms with Gasteiger partial charge in [0, 0.05) is 5.56 Å². The molecule has 98 valence electrons. The fourth-order valence-electron chi connectivity index (χ4n) is 2.04. The maximum atomic E-state index is 11.5. The molecule has 0 bridgehead atoms. The fourth-order valence-corrected chi connectivity index (χ4v) is 2.04. The van der Waals surface area contributed by atoms with Crippen molar-refractivity contribution in [3.8, 4) is 11.1 Å². The molecule has 0 saturated carbocycles. The first-order valence-corrected chi connectivity index (χ1v) is 6.61. The molecule has 0 spiro atoms. The summed E-state index contributed by atoms with van der Waals surface area (Å²) in [5, 5.41) is 0. The van der Waals surface area contributed by atoms with Gasteiger partial charge in [-0.05, 0) is 24.1 Å². The minimum absolute atomic E-state index is 0.214. The average Bonchev–Trinajstić information content (AvgIpc) is 2.83. The Bertz CT molecular complexity index is 583. The molecule has 19 heavy (non-hydrogen) atoms. The van der Waals surface area contributed by atoms with Gasteiger partial charge < -0.3 is 4.74 Å². The van der Waals surface area contributed by atoms with E-state index in [2.05, 4.69) is 31.2 Å². The van der Waals surface area contributed by atoms with Crippen LogP contribution in [0, 0.1) is 6.92 Å². The van der Waals surface area contributed by atoms with Gasteiger partial charge in [-0.15, -0.1) is 0 Å². The van der Waals surface area contributed by atoms with E-state index in [1.54, 1.807) is 0 Å². The summed E-state index contributed by atoms with van der Waals surface area (Å²) in [7, 11) is 0. The second kappa shape index (κ2) is 5.70. The van der Waals surface area contributed by atoms with Crippen molar-refractivity contribution >= 4 is 5.97 Å². The van der Waals surface area contributed by atoms with Crippen LogP contribution >= 0.6 is 0 Å². The third-order valence-corrected chi connectivity index (χ3v) is 3.07. The maximum Gasteiger partial charge on any atom is 0.338 e. The van der Waals surface area contributed by atoms with Crippen molar-refractivity contribution in [2.24, 2.45) is 0 Å². The second-order valence-corrected chi connectivity index (χ2v) is 4.31. The molecule has 2 aromatic rings. The number of carbonyl (C=O) groups is 1. The molecule has 2 nitrogen and oxygen atoms in total. The highest BCUT2D eigenvalue weighted by atomic mass is 16.5. The number of benzene rings is 2.